The number of imidazole rings is 1. The van der Waals surface area contributed by atoms with E-state index in [4.69, 9.17) is 4.74 Å². The van der Waals surface area contributed by atoms with E-state index in [0.29, 0.717) is 31.9 Å². The van der Waals surface area contributed by atoms with E-state index in [1.807, 2.05) is 0 Å². The van der Waals surface area contributed by atoms with E-state index in [2.05, 4.69) is 15.0 Å². The Morgan fingerprint density at radius 1 is 1.40 bits per heavy atom. The van der Waals surface area contributed by atoms with Crippen molar-refractivity contribution in [2.24, 2.45) is 5.92 Å². The van der Waals surface area contributed by atoms with E-state index >= 15 is 0 Å². The number of esters is 1. The zero-order valence-electron chi connectivity index (χ0n) is 14.1. The van der Waals surface area contributed by atoms with E-state index in [9.17, 15) is 14.4 Å². The number of nitrogens with zero attached hydrogens (tertiary/aromatic N) is 4. The van der Waals surface area contributed by atoms with Crippen LogP contribution in [0.5, 0.6) is 0 Å². The van der Waals surface area contributed by atoms with Gasteiger partial charge in [0.25, 0.3) is 5.56 Å². The summed E-state index contributed by atoms with van der Waals surface area (Å²) in [5.74, 6) is -0.503. The molecule has 0 spiro atoms. The Morgan fingerprint density at radius 2 is 2.24 bits per heavy atom. The minimum absolute atomic E-state index is 0.0271. The molecule has 2 aromatic heterocycles. The van der Waals surface area contributed by atoms with Crippen LogP contribution in [-0.2, 0) is 20.9 Å². The highest BCUT2D eigenvalue weighted by atomic mass is 16.5. The highest BCUT2D eigenvalue weighted by molar-refractivity contribution is 5.78. The van der Waals surface area contributed by atoms with Crippen LogP contribution < -0.4 is 5.56 Å². The standard InChI is InChI=1S/C16H21N5O4/c1-2-25-16(24)11-4-3-6-20(8-11)12(22)5-7-21-10-19-13-14(21)17-9-18-15(13)23/h9-11H,2-8H2,1H3,(H,17,18,23). The molecule has 134 valence electrons. The number of amides is 1. The predicted octanol–water partition coefficient (Wildman–Crippen LogP) is 0.311. The highest BCUT2D eigenvalue weighted by Gasteiger charge is 2.29. The van der Waals surface area contributed by atoms with Crippen molar-refractivity contribution < 1.29 is 14.3 Å². The molecule has 3 rings (SSSR count). The van der Waals surface area contributed by atoms with Crippen LogP contribution in [0.25, 0.3) is 11.2 Å². The zero-order valence-corrected chi connectivity index (χ0v) is 14.1. The third kappa shape index (κ3) is 3.70. The van der Waals surface area contributed by atoms with E-state index in [0.717, 1.165) is 12.8 Å². The molecule has 0 aromatic carbocycles. The fourth-order valence-corrected chi connectivity index (χ4v) is 3.09. The molecular formula is C16H21N5O4. The van der Waals surface area contributed by atoms with Crippen LogP contribution in [0.3, 0.4) is 0 Å². The minimum Gasteiger partial charge on any atom is -0.466 e. The summed E-state index contributed by atoms with van der Waals surface area (Å²) in [5.41, 5.74) is 0.415. The number of nitrogens with one attached hydrogen (secondary N) is 1. The summed E-state index contributed by atoms with van der Waals surface area (Å²) in [6.07, 6.45) is 4.63. The second-order valence-corrected chi connectivity index (χ2v) is 6.02. The smallest absolute Gasteiger partial charge is 0.310 e. The third-order valence-electron chi connectivity index (χ3n) is 4.37. The maximum absolute atomic E-state index is 12.5. The monoisotopic (exact) mass is 347 g/mol. The molecule has 0 aliphatic carbocycles. The van der Waals surface area contributed by atoms with Gasteiger partial charge in [-0.25, -0.2) is 9.97 Å². The number of H-pyrrole nitrogens is 1. The van der Waals surface area contributed by atoms with Crippen molar-refractivity contribution in [3.63, 3.8) is 0 Å². The first kappa shape index (κ1) is 17.1. The summed E-state index contributed by atoms with van der Waals surface area (Å²) in [6.45, 7) is 3.56. The molecule has 3 heterocycles. The normalized spacial score (nSPS) is 17.6. The van der Waals surface area contributed by atoms with Gasteiger partial charge in [0.15, 0.2) is 11.2 Å². The largest absolute Gasteiger partial charge is 0.466 e. The van der Waals surface area contributed by atoms with Gasteiger partial charge < -0.3 is 19.2 Å². The Morgan fingerprint density at radius 3 is 3.04 bits per heavy atom. The fourth-order valence-electron chi connectivity index (χ4n) is 3.09. The molecule has 1 N–H and O–H groups in total. The van der Waals surface area contributed by atoms with Gasteiger partial charge in [-0.1, -0.05) is 0 Å². The molecule has 2 aromatic rings. The van der Waals surface area contributed by atoms with Crippen molar-refractivity contribution in [2.45, 2.75) is 32.7 Å². The number of ether oxygens (including phenoxy) is 1. The molecule has 1 atom stereocenters. The van der Waals surface area contributed by atoms with Gasteiger partial charge in [0, 0.05) is 26.1 Å². The SMILES string of the molecule is CCOC(=O)C1CCCN(C(=O)CCn2cnc3c(=O)[nH]cnc32)C1. The van der Waals surface area contributed by atoms with Crippen molar-refractivity contribution in [3.05, 3.63) is 23.0 Å². The number of rotatable bonds is 5. The van der Waals surface area contributed by atoms with Gasteiger partial charge in [-0.15, -0.1) is 0 Å². The van der Waals surface area contributed by atoms with Gasteiger partial charge in [0.1, 0.15) is 0 Å². The second kappa shape index (κ2) is 7.45. The molecule has 0 saturated carbocycles. The van der Waals surface area contributed by atoms with E-state index in [1.165, 1.54) is 12.7 Å². The first-order chi connectivity index (χ1) is 12.1. The number of aromatic amines is 1. The first-order valence-corrected chi connectivity index (χ1v) is 8.43. The quantitative estimate of drug-likeness (QED) is 0.780. The molecule has 25 heavy (non-hydrogen) atoms. The van der Waals surface area contributed by atoms with Crippen molar-refractivity contribution in [1.29, 1.82) is 0 Å². The average Bonchev–Trinajstić information content (AvgIpc) is 3.04. The molecule has 0 radical (unpaired) electrons. The number of carbonyl (C=O) groups excluding carboxylic acids is 2. The summed E-state index contributed by atoms with van der Waals surface area (Å²) < 4.78 is 6.75. The Kier molecular flexibility index (Phi) is 5.11. The third-order valence-corrected chi connectivity index (χ3v) is 4.37. The van der Waals surface area contributed by atoms with E-state index in [1.54, 1.807) is 16.4 Å². The molecule has 9 nitrogen and oxygen atoms in total. The number of piperidine rings is 1. The number of aryl methyl sites for hydroxylation is 1. The van der Waals surface area contributed by atoms with Gasteiger partial charge >= 0.3 is 5.97 Å². The predicted molar refractivity (Wildman–Crippen MR) is 88.7 cm³/mol. The number of fused-ring (bicyclic) bond motifs is 1. The summed E-state index contributed by atoms with van der Waals surface area (Å²) >= 11 is 0. The molecule has 9 heteroatoms. The summed E-state index contributed by atoms with van der Waals surface area (Å²) in [4.78, 5) is 48.3. The number of likely N-dealkylation sites (tertiary alicyclic amines) is 1. The van der Waals surface area contributed by atoms with Crippen LogP contribution >= 0.6 is 0 Å². The van der Waals surface area contributed by atoms with Crippen LogP contribution in [0.2, 0.25) is 0 Å². The van der Waals surface area contributed by atoms with Gasteiger partial charge in [-0.05, 0) is 19.8 Å². The lowest BCUT2D eigenvalue weighted by molar-refractivity contribution is -0.151. The maximum atomic E-state index is 12.5. The van der Waals surface area contributed by atoms with E-state index < -0.39 is 0 Å². The minimum atomic E-state index is -0.302. The van der Waals surface area contributed by atoms with Crippen LogP contribution in [0.15, 0.2) is 17.4 Å². The van der Waals surface area contributed by atoms with Gasteiger partial charge in [-0.2, -0.15) is 0 Å². The number of carbonyl (C=O) groups is 2. The summed E-state index contributed by atoms with van der Waals surface area (Å²) in [7, 11) is 0. The first-order valence-electron chi connectivity index (χ1n) is 8.43. The lowest BCUT2D eigenvalue weighted by atomic mass is 9.98. The number of aromatic nitrogens is 4. The molecule has 0 bridgehead atoms. The van der Waals surface area contributed by atoms with E-state index in [-0.39, 0.29) is 35.3 Å². The molecule has 1 aliphatic rings. The average molecular weight is 347 g/mol. The topological polar surface area (TPSA) is 110 Å². The molecule has 1 aliphatic heterocycles. The Labute approximate surface area is 144 Å². The zero-order chi connectivity index (χ0) is 17.8. The van der Waals surface area contributed by atoms with Gasteiger partial charge in [0.05, 0.1) is 25.2 Å². The Hall–Kier alpha value is -2.71. The highest BCUT2D eigenvalue weighted by Crippen LogP contribution is 2.19. The van der Waals surface area contributed by atoms with Crippen molar-refractivity contribution in [2.75, 3.05) is 19.7 Å². The second-order valence-electron chi connectivity index (χ2n) is 6.02. The summed E-state index contributed by atoms with van der Waals surface area (Å²) in [6, 6.07) is 0. The van der Waals surface area contributed by atoms with Crippen LogP contribution in [0.1, 0.15) is 26.2 Å². The number of hydrogen-bond donors (Lipinski definition) is 1. The molecular weight excluding hydrogens is 326 g/mol. The van der Waals surface area contributed by atoms with Gasteiger partial charge in [-0.3, -0.25) is 14.4 Å². The van der Waals surface area contributed by atoms with Crippen molar-refractivity contribution in [1.82, 2.24) is 24.4 Å². The Balaban J connectivity index is 1.61. The molecule has 1 unspecified atom stereocenters. The van der Waals surface area contributed by atoms with Crippen molar-refractivity contribution in [3.8, 4) is 0 Å². The molecule has 1 fully saturated rings. The lowest BCUT2D eigenvalue weighted by Crippen LogP contribution is -2.43. The lowest BCUT2D eigenvalue weighted by Gasteiger charge is -2.31. The van der Waals surface area contributed by atoms with Gasteiger partial charge in [0.2, 0.25) is 5.91 Å². The van der Waals surface area contributed by atoms with Crippen LogP contribution in [0.4, 0.5) is 0 Å². The fraction of sp³-hybridized carbons (Fsp3) is 0.562. The number of hydrogen-bond acceptors (Lipinski definition) is 6. The van der Waals surface area contributed by atoms with Crippen molar-refractivity contribution >= 4 is 23.0 Å². The van der Waals surface area contributed by atoms with Crippen LogP contribution in [-0.4, -0.2) is 56.0 Å². The maximum Gasteiger partial charge on any atom is 0.310 e. The summed E-state index contributed by atoms with van der Waals surface area (Å²) in [5, 5.41) is 0. The molecule has 1 saturated heterocycles. The molecule has 1 amide bonds. The Bertz CT molecular complexity index is 827. The van der Waals surface area contributed by atoms with Crippen LogP contribution in [0, 0.1) is 5.92 Å².